The average Bonchev–Trinajstić information content (AvgIpc) is 2.60. The predicted molar refractivity (Wildman–Crippen MR) is 107 cm³/mol. The minimum atomic E-state index is 0.760. The zero-order valence-corrected chi connectivity index (χ0v) is 16.3. The second-order valence-electron chi connectivity index (χ2n) is 7.03. The van der Waals surface area contributed by atoms with Crippen LogP contribution in [-0.2, 0) is 6.42 Å². The molecule has 0 amide bonds. The van der Waals surface area contributed by atoms with E-state index in [1.165, 1.54) is 89.0 Å². The highest BCUT2D eigenvalue weighted by molar-refractivity contribution is 5.33. The van der Waals surface area contributed by atoms with Gasteiger partial charge >= 0.3 is 0 Å². The van der Waals surface area contributed by atoms with Crippen molar-refractivity contribution in [3.8, 4) is 5.75 Å². The SMILES string of the molecule is CCCCCCCCCCCCCCCc1ccccc1OCC. The summed E-state index contributed by atoms with van der Waals surface area (Å²) in [7, 11) is 0. The molecule has 1 aromatic rings. The molecule has 138 valence electrons. The van der Waals surface area contributed by atoms with Crippen molar-refractivity contribution in [1.29, 1.82) is 0 Å². The summed E-state index contributed by atoms with van der Waals surface area (Å²) in [4.78, 5) is 0. The normalized spacial score (nSPS) is 10.9. The van der Waals surface area contributed by atoms with E-state index in [0.29, 0.717) is 0 Å². The van der Waals surface area contributed by atoms with Crippen molar-refractivity contribution in [1.82, 2.24) is 0 Å². The number of benzene rings is 1. The molecular weight excluding hydrogens is 292 g/mol. The Morgan fingerprint density at radius 1 is 0.625 bits per heavy atom. The van der Waals surface area contributed by atoms with Crippen molar-refractivity contribution >= 4 is 0 Å². The van der Waals surface area contributed by atoms with E-state index >= 15 is 0 Å². The minimum Gasteiger partial charge on any atom is -0.494 e. The third-order valence-electron chi connectivity index (χ3n) is 4.82. The van der Waals surface area contributed by atoms with Crippen molar-refractivity contribution in [3.63, 3.8) is 0 Å². The van der Waals surface area contributed by atoms with Crippen molar-refractivity contribution in [2.24, 2.45) is 0 Å². The van der Waals surface area contributed by atoms with E-state index in [1.54, 1.807) is 0 Å². The van der Waals surface area contributed by atoms with Crippen LogP contribution >= 0.6 is 0 Å². The molecule has 0 heterocycles. The molecule has 1 nitrogen and oxygen atoms in total. The van der Waals surface area contributed by atoms with Crippen molar-refractivity contribution < 1.29 is 4.74 Å². The Morgan fingerprint density at radius 2 is 1.12 bits per heavy atom. The lowest BCUT2D eigenvalue weighted by molar-refractivity contribution is 0.336. The number of rotatable bonds is 16. The molecule has 0 aliphatic rings. The van der Waals surface area contributed by atoms with Gasteiger partial charge in [0.05, 0.1) is 6.61 Å². The monoisotopic (exact) mass is 332 g/mol. The van der Waals surface area contributed by atoms with Gasteiger partial charge in [0.1, 0.15) is 5.75 Å². The maximum atomic E-state index is 5.70. The third-order valence-corrected chi connectivity index (χ3v) is 4.82. The molecule has 0 N–H and O–H groups in total. The maximum absolute atomic E-state index is 5.70. The summed E-state index contributed by atoms with van der Waals surface area (Å²) in [5.74, 6) is 1.08. The molecule has 24 heavy (non-hydrogen) atoms. The van der Waals surface area contributed by atoms with Crippen molar-refractivity contribution in [2.45, 2.75) is 104 Å². The van der Waals surface area contributed by atoms with Gasteiger partial charge in [-0.25, -0.2) is 0 Å². The molecule has 0 radical (unpaired) electrons. The second-order valence-corrected chi connectivity index (χ2v) is 7.03. The van der Waals surface area contributed by atoms with Gasteiger partial charge in [-0.2, -0.15) is 0 Å². The zero-order chi connectivity index (χ0) is 17.3. The predicted octanol–water partition coefficient (Wildman–Crippen LogP) is 7.72. The molecule has 0 aliphatic heterocycles. The van der Waals surface area contributed by atoms with Crippen molar-refractivity contribution in [2.75, 3.05) is 6.61 Å². The summed E-state index contributed by atoms with van der Waals surface area (Å²) >= 11 is 0. The highest BCUT2D eigenvalue weighted by Gasteiger charge is 2.02. The Bertz CT molecular complexity index is 385. The van der Waals surface area contributed by atoms with Gasteiger partial charge in [0.15, 0.2) is 0 Å². The lowest BCUT2D eigenvalue weighted by Gasteiger charge is -2.09. The zero-order valence-electron chi connectivity index (χ0n) is 16.3. The minimum absolute atomic E-state index is 0.760. The number of hydrogen-bond acceptors (Lipinski definition) is 1. The lowest BCUT2D eigenvalue weighted by Crippen LogP contribution is -1.96. The van der Waals surface area contributed by atoms with Crippen LogP contribution < -0.4 is 4.74 Å². The third kappa shape index (κ3) is 10.7. The Morgan fingerprint density at radius 3 is 1.67 bits per heavy atom. The van der Waals surface area contributed by atoms with Crippen molar-refractivity contribution in [3.05, 3.63) is 29.8 Å². The molecule has 1 heteroatoms. The molecule has 0 atom stereocenters. The fraction of sp³-hybridized carbons (Fsp3) is 0.739. The van der Waals surface area contributed by atoms with Crippen LogP contribution in [0.5, 0.6) is 5.75 Å². The first-order valence-electron chi connectivity index (χ1n) is 10.6. The maximum Gasteiger partial charge on any atom is 0.122 e. The van der Waals surface area contributed by atoms with Crippen LogP contribution in [-0.4, -0.2) is 6.61 Å². The molecule has 0 unspecified atom stereocenters. The quantitative estimate of drug-likeness (QED) is 0.281. The molecule has 0 saturated carbocycles. The van der Waals surface area contributed by atoms with Gasteiger partial charge in [-0.05, 0) is 31.4 Å². The number of hydrogen-bond donors (Lipinski definition) is 0. The molecule has 1 aromatic carbocycles. The van der Waals surface area contributed by atoms with E-state index in [1.807, 2.05) is 0 Å². The van der Waals surface area contributed by atoms with E-state index < -0.39 is 0 Å². The van der Waals surface area contributed by atoms with Crippen LogP contribution in [0.25, 0.3) is 0 Å². The first-order chi connectivity index (χ1) is 11.9. The van der Waals surface area contributed by atoms with E-state index in [2.05, 4.69) is 38.1 Å². The van der Waals surface area contributed by atoms with E-state index in [0.717, 1.165) is 18.8 Å². The van der Waals surface area contributed by atoms with Gasteiger partial charge in [-0.3, -0.25) is 0 Å². The van der Waals surface area contributed by atoms with Crippen LogP contribution in [0.3, 0.4) is 0 Å². The molecule has 0 aromatic heterocycles. The Balaban J connectivity index is 1.90. The van der Waals surface area contributed by atoms with Gasteiger partial charge in [0, 0.05) is 0 Å². The number of unbranched alkanes of at least 4 members (excludes halogenated alkanes) is 12. The summed E-state index contributed by atoms with van der Waals surface area (Å²) in [5, 5.41) is 0. The van der Waals surface area contributed by atoms with Crippen LogP contribution in [0.4, 0.5) is 0 Å². The summed E-state index contributed by atoms with van der Waals surface area (Å²) < 4.78 is 5.70. The summed E-state index contributed by atoms with van der Waals surface area (Å²) in [6, 6.07) is 8.50. The number of ether oxygens (including phenoxy) is 1. The average molecular weight is 333 g/mol. The Kier molecular flexibility index (Phi) is 13.6. The molecule has 0 saturated heterocycles. The molecule has 0 bridgehead atoms. The fourth-order valence-electron chi connectivity index (χ4n) is 3.34. The van der Waals surface area contributed by atoms with Crippen LogP contribution in [0, 0.1) is 0 Å². The Hall–Kier alpha value is -0.980. The smallest absolute Gasteiger partial charge is 0.122 e. The summed E-state index contributed by atoms with van der Waals surface area (Å²) in [5.41, 5.74) is 1.38. The van der Waals surface area contributed by atoms with E-state index in [-0.39, 0.29) is 0 Å². The van der Waals surface area contributed by atoms with Gasteiger partial charge < -0.3 is 4.74 Å². The number of aryl methyl sites for hydroxylation is 1. The van der Waals surface area contributed by atoms with Gasteiger partial charge in [-0.15, -0.1) is 0 Å². The highest BCUT2D eigenvalue weighted by atomic mass is 16.5. The molecular formula is C23H40O. The molecule has 0 fully saturated rings. The molecule has 1 rings (SSSR count). The van der Waals surface area contributed by atoms with Crippen LogP contribution in [0.1, 0.15) is 103 Å². The van der Waals surface area contributed by atoms with Gasteiger partial charge in [0.25, 0.3) is 0 Å². The van der Waals surface area contributed by atoms with Gasteiger partial charge in [-0.1, -0.05) is 102 Å². The first kappa shape index (κ1) is 21.1. The van der Waals surface area contributed by atoms with E-state index in [4.69, 9.17) is 4.74 Å². The first-order valence-corrected chi connectivity index (χ1v) is 10.6. The molecule has 0 aliphatic carbocycles. The number of para-hydroxylation sites is 1. The molecule has 0 spiro atoms. The van der Waals surface area contributed by atoms with Crippen LogP contribution in [0.15, 0.2) is 24.3 Å². The summed E-state index contributed by atoms with van der Waals surface area (Å²) in [6.07, 6.45) is 19.6. The van der Waals surface area contributed by atoms with Gasteiger partial charge in [0.2, 0.25) is 0 Å². The summed E-state index contributed by atoms with van der Waals surface area (Å²) in [6.45, 7) is 5.11. The topological polar surface area (TPSA) is 9.23 Å². The largest absolute Gasteiger partial charge is 0.494 e. The van der Waals surface area contributed by atoms with E-state index in [9.17, 15) is 0 Å². The standard InChI is InChI=1S/C23H40O/c1-3-5-6-7-8-9-10-11-12-13-14-15-16-19-22-20-17-18-21-23(22)24-4-2/h17-18,20-21H,3-16,19H2,1-2H3. The lowest BCUT2D eigenvalue weighted by atomic mass is 10.0. The second kappa shape index (κ2) is 15.5. The fourth-order valence-corrected chi connectivity index (χ4v) is 3.34. The highest BCUT2D eigenvalue weighted by Crippen LogP contribution is 2.21. The van der Waals surface area contributed by atoms with Crippen LogP contribution in [0.2, 0.25) is 0 Å². The Labute approximate surface area is 151 Å².